The minimum Gasteiger partial charge on any atom is -0.353 e. The number of carbonyl (C=O) groups is 1. The number of allylic oxidation sites excluding steroid dienone is 2. The number of carbonyl (C=O) groups excluding carboxylic acids is 1. The van der Waals surface area contributed by atoms with Crippen LogP contribution in [0.5, 0.6) is 0 Å². The van der Waals surface area contributed by atoms with E-state index in [1.165, 1.54) is 11.0 Å². The van der Waals surface area contributed by atoms with Crippen molar-refractivity contribution in [2.45, 2.75) is 56.7 Å². The summed E-state index contributed by atoms with van der Waals surface area (Å²) in [5, 5.41) is 2.31. The molecule has 3 unspecified atom stereocenters. The number of hydrogen-bond acceptors (Lipinski definition) is 3. The molecule has 5 nitrogen and oxygen atoms in total. The lowest BCUT2D eigenvalue weighted by Gasteiger charge is -2.52. The molecule has 2 aliphatic heterocycles. The summed E-state index contributed by atoms with van der Waals surface area (Å²) in [5.74, 6) is 0. The van der Waals surface area contributed by atoms with Crippen LogP contribution in [0, 0.1) is 5.41 Å². The van der Waals surface area contributed by atoms with E-state index in [0.29, 0.717) is 13.0 Å². The number of nitrogens with one attached hydrogen (secondary N) is 1. The number of benzene rings is 1. The van der Waals surface area contributed by atoms with Gasteiger partial charge in [-0.1, -0.05) is 35.3 Å². The van der Waals surface area contributed by atoms with Crippen molar-refractivity contribution in [1.82, 2.24) is 10.2 Å². The number of nitrogens with zero attached hydrogens (tertiary/aromatic N) is 1. The molecule has 4 rings (SSSR count). The maximum Gasteiger partial charge on any atom is 0.413 e. The summed E-state index contributed by atoms with van der Waals surface area (Å²) in [5.41, 5.74) is -7.74. The van der Waals surface area contributed by atoms with Gasteiger partial charge in [-0.3, -0.25) is 0 Å². The van der Waals surface area contributed by atoms with Gasteiger partial charge in [0.15, 0.2) is 6.29 Å². The van der Waals surface area contributed by atoms with Gasteiger partial charge in [0.2, 0.25) is 0 Å². The van der Waals surface area contributed by atoms with E-state index in [4.69, 9.17) is 32.7 Å². The first-order valence-electron chi connectivity index (χ1n) is 12.5. The maximum absolute atomic E-state index is 15.1. The highest BCUT2D eigenvalue weighted by Crippen LogP contribution is 2.63. The standard InChI is InChI=1S/C26H28Cl2F6N2O3/c1-23(26(32,33)34)14-16(15-36-9-8-35-22(36)37)12-20(25(29,30)31)24(23,17-5-6-18(27)19(28)13-17)7-11-39-21-4-2-3-10-38-21/h5-6,12-14,21H,2-4,7-11,15H2,1H3,(H,35,37). The van der Waals surface area contributed by atoms with E-state index in [0.717, 1.165) is 44.1 Å². The van der Waals surface area contributed by atoms with Crippen LogP contribution in [0.1, 0.15) is 38.2 Å². The van der Waals surface area contributed by atoms with E-state index in [9.17, 15) is 18.0 Å². The Labute approximate surface area is 232 Å². The minimum atomic E-state index is -5.17. The number of halogens is 8. The molecule has 0 saturated carbocycles. The van der Waals surface area contributed by atoms with Crippen LogP contribution in [0.15, 0.2) is 41.5 Å². The molecule has 3 aliphatic rings. The van der Waals surface area contributed by atoms with Crippen LogP contribution in [-0.2, 0) is 14.9 Å². The van der Waals surface area contributed by atoms with Gasteiger partial charge in [-0.15, -0.1) is 0 Å². The molecule has 39 heavy (non-hydrogen) atoms. The van der Waals surface area contributed by atoms with Crippen LogP contribution >= 0.6 is 23.2 Å². The first-order chi connectivity index (χ1) is 18.2. The highest BCUT2D eigenvalue weighted by atomic mass is 35.5. The predicted octanol–water partition coefficient (Wildman–Crippen LogP) is 7.19. The first kappa shape index (κ1) is 30.0. The summed E-state index contributed by atoms with van der Waals surface area (Å²) in [4.78, 5) is 13.2. The van der Waals surface area contributed by atoms with Gasteiger partial charge in [0.1, 0.15) is 0 Å². The van der Waals surface area contributed by atoms with Crippen molar-refractivity contribution >= 4 is 29.2 Å². The Morgan fingerprint density at radius 1 is 1.15 bits per heavy atom. The largest absolute Gasteiger partial charge is 0.413 e. The summed E-state index contributed by atoms with van der Waals surface area (Å²) < 4.78 is 101. The average Bonchev–Trinajstić information content (AvgIpc) is 3.25. The zero-order valence-corrected chi connectivity index (χ0v) is 22.5. The fourth-order valence-corrected chi connectivity index (χ4v) is 5.99. The molecule has 2 amide bonds. The van der Waals surface area contributed by atoms with Crippen LogP contribution < -0.4 is 5.32 Å². The average molecular weight is 601 g/mol. The van der Waals surface area contributed by atoms with Crippen molar-refractivity contribution in [3.63, 3.8) is 0 Å². The molecule has 1 aliphatic carbocycles. The molecule has 2 heterocycles. The smallest absolute Gasteiger partial charge is 0.353 e. The van der Waals surface area contributed by atoms with Gasteiger partial charge in [-0.2, -0.15) is 26.3 Å². The van der Waals surface area contributed by atoms with E-state index < -0.39 is 60.6 Å². The monoisotopic (exact) mass is 600 g/mol. The molecule has 0 bridgehead atoms. The van der Waals surface area contributed by atoms with E-state index in [2.05, 4.69) is 5.32 Å². The van der Waals surface area contributed by atoms with Crippen molar-refractivity contribution in [3.05, 3.63) is 57.1 Å². The van der Waals surface area contributed by atoms with E-state index in [1.54, 1.807) is 0 Å². The molecule has 216 valence electrons. The number of urea groups is 1. The molecule has 3 atom stereocenters. The number of ether oxygens (including phenoxy) is 2. The first-order valence-corrected chi connectivity index (χ1v) is 13.2. The fourth-order valence-electron chi connectivity index (χ4n) is 5.69. The molecule has 0 aromatic heterocycles. The second-order valence-electron chi connectivity index (χ2n) is 10.1. The van der Waals surface area contributed by atoms with Crippen molar-refractivity contribution in [2.75, 3.05) is 32.8 Å². The Kier molecular flexibility index (Phi) is 8.58. The number of amides is 2. The van der Waals surface area contributed by atoms with Crippen molar-refractivity contribution in [2.24, 2.45) is 5.41 Å². The zero-order valence-electron chi connectivity index (χ0n) is 21.0. The summed E-state index contributed by atoms with van der Waals surface area (Å²) in [6, 6.07) is 2.82. The van der Waals surface area contributed by atoms with Gasteiger partial charge < -0.3 is 19.7 Å². The lowest BCUT2D eigenvalue weighted by Crippen LogP contribution is -2.57. The minimum absolute atomic E-state index is 0.0132. The highest BCUT2D eigenvalue weighted by molar-refractivity contribution is 6.42. The van der Waals surface area contributed by atoms with Crippen LogP contribution in [0.4, 0.5) is 31.1 Å². The lowest BCUT2D eigenvalue weighted by molar-refractivity contribution is -0.231. The normalized spacial score (nSPS) is 28.3. The molecule has 1 aromatic carbocycles. The van der Waals surface area contributed by atoms with Crippen LogP contribution in [0.2, 0.25) is 10.0 Å². The van der Waals surface area contributed by atoms with E-state index >= 15 is 13.2 Å². The van der Waals surface area contributed by atoms with Gasteiger partial charge in [0.25, 0.3) is 0 Å². The molecule has 0 spiro atoms. The number of alkyl halides is 6. The maximum atomic E-state index is 15.1. The van der Waals surface area contributed by atoms with Gasteiger partial charge in [0.05, 0.1) is 22.1 Å². The molecule has 2 fully saturated rings. The summed E-state index contributed by atoms with van der Waals surface area (Å²) in [7, 11) is 0. The Bertz CT molecular complexity index is 1150. The molecule has 2 saturated heterocycles. The quantitative estimate of drug-likeness (QED) is 0.337. The Morgan fingerprint density at radius 2 is 1.90 bits per heavy atom. The highest BCUT2D eigenvalue weighted by Gasteiger charge is 2.68. The van der Waals surface area contributed by atoms with Crippen LogP contribution in [0.25, 0.3) is 0 Å². The SMILES string of the molecule is CC1(C(F)(F)F)C=C(CN2CCNC2=O)C=C(C(F)(F)F)C1(CCOC1CCCCO1)c1ccc(Cl)c(Cl)c1. The molecular formula is C26H28Cl2F6N2O3. The van der Waals surface area contributed by atoms with Gasteiger partial charge >= 0.3 is 18.4 Å². The second-order valence-corrected chi connectivity index (χ2v) is 10.9. The predicted molar refractivity (Wildman–Crippen MR) is 134 cm³/mol. The Hall–Kier alpha value is -1.95. The van der Waals surface area contributed by atoms with Crippen LogP contribution in [-0.4, -0.2) is 62.4 Å². The molecule has 1 aromatic rings. The van der Waals surface area contributed by atoms with Gasteiger partial charge in [-0.05, 0) is 62.0 Å². The van der Waals surface area contributed by atoms with E-state index in [-0.39, 0.29) is 34.3 Å². The van der Waals surface area contributed by atoms with Crippen molar-refractivity contribution in [1.29, 1.82) is 0 Å². The second kappa shape index (κ2) is 11.1. The van der Waals surface area contributed by atoms with Crippen molar-refractivity contribution < 1.29 is 40.6 Å². The van der Waals surface area contributed by atoms with Crippen LogP contribution in [0.3, 0.4) is 0 Å². The Balaban J connectivity index is 1.89. The van der Waals surface area contributed by atoms with E-state index in [1.807, 2.05) is 0 Å². The number of rotatable bonds is 7. The third-order valence-corrected chi connectivity index (χ3v) is 8.43. The fraction of sp³-hybridized carbons (Fsp3) is 0.577. The van der Waals surface area contributed by atoms with Gasteiger partial charge in [0, 0.05) is 37.2 Å². The number of hydrogen-bond donors (Lipinski definition) is 1. The van der Waals surface area contributed by atoms with Gasteiger partial charge in [-0.25, -0.2) is 4.79 Å². The summed E-state index contributed by atoms with van der Waals surface area (Å²) in [6.07, 6.45) is -8.15. The molecule has 0 radical (unpaired) electrons. The zero-order chi connectivity index (χ0) is 28.6. The summed E-state index contributed by atoms with van der Waals surface area (Å²) >= 11 is 12.1. The molecule has 1 N–H and O–H groups in total. The third-order valence-electron chi connectivity index (χ3n) is 7.69. The lowest BCUT2D eigenvalue weighted by atomic mass is 9.52. The molecular weight excluding hydrogens is 573 g/mol. The third kappa shape index (κ3) is 5.78. The Morgan fingerprint density at radius 3 is 2.46 bits per heavy atom. The topological polar surface area (TPSA) is 50.8 Å². The van der Waals surface area contributed by atoms with Crippen molar-refractivity contribution in [3.8, 4) is 0 Å². The summed E-state index contributed by atoms with van der Waals surface area (Å²) in [6.45, 7) is 0.679. The molecule has 13 heteroatoms.